The van der Waals surface area contributed by atoms with E-state index in [1.165, 1.54) is 10.4 Å². The van der Waals surface area contributed by atoms with E-state index in [2.05, 4.69) is 24.5 Å². The Morgan fingerprint density at radius 1 is 1.53 bits per heavy atom. The van der Waals surface area contributed by atoms with Crippen LogP contribution < -0.4 is 10.6 Å². The molecule has 3 nitrogen and oxygen atoms in total. The Labute approximate surface area is 113 Å². The molecule has 1 rings (SSSR count). The molecule has 1 unspecified atom stereocenters. The highest BCUT2D eigenvalue weighted by atomic mass is 35.5. The van der Waals surface area contributed by atoms with Crippen LogP contribution in [0.5, 0.6) is 0 Å². The summed E-state index contributed by atoms with van der Waals surface area (Å²) in [6.45, 7) is 6.88. The molecule has 0 saturated carbocycles. The molecule has 0 saturated heterocycles. The molecular weight excluding hydrogens is 256 g/mol. The zero-order chi connectivity index (χ0) is 12.1. The van der Waals surface area contributed by atoms with Crippen molar-refractivity contribution in [3.8, 4) is 0 Å². The number of carbonyl (C=O) groups excluding carboxylic acids is 1. The highest BCUT2D eigenvalue weighted by molar-refractivity contribution is 7.14. The molecule has 0 aromatic carbocycles. The first-order chi connectivity index (χ1) is 7.58. The third kappa shape index (κ3) is 4.66. The van der Waals surface area contributed by atoms with Gasteiger partial charge in [-0.1, -0.05) is 6.92 Å². The highest BCUT2D eigenvalue weighted by Gasteiger charge is 2.11. The molecule has 98 valence electrons. The van der Waals surface area contributed by atoms with Gasteiger partial charge >= 0.3 is 0 Å². The van der Waals surface area contributed by atoms with Crippen molar-refractivity contribution in [3.05, 3.63) is 21.4 Å². The lowest BCUT2D eigenvalue weighted by Crippen LogP contribution is -2.36. The van der Waals surface area contributed by atoms with Crippen LogP contribution in [0.4, 0.5) is 0 Å². The Hall–Kier alpha value is -0.580. The van der Waals surface area contributed by atoms with Gasteiger partial charge < -0.3 is 10.6 Å². The maximum absolute atomic E-state index is 11.8. The number of aryl methyl sites for hydroxylation is 2. The maximum atomic E-state index is 11.8. The lowest BCUT2D eigenvalue weighted by Gasteiger charge is -2.10. The van der Waals surface area contributed by atoms with Crippen molar-refractivity contribution >= 4 is 29.7 Å². The summed E-state index contributed by atoms with van der Waals surface area (Å²) in [5.74, 6) is 0.0369. The van der Waals surface area contributed by atoms with Gasteiger partial charge in [0.2, 0.25) is 0 Å². The van der Waals surface area contributed by atoms with Crippen LogP contribution >= 0.6 is 23.7 Å². The second kappa shape index (κ2) is 7.69. The molecule has 0 radical (unpaired) electrons. The second-order valence-corrected chi connectivity index (χ2v) is 5.20. The summed E-state index contributed by atoms with van der Waals surface area (Å²) in [6, 6.07) is 2.30. The van der Waals surface area contributed by atoms with E-state index in [0.717, 1.165) is 11.3 Å². The summed E-state index contributed by atoms with van der Waals surface area (Å²) in [5.41, 5.74) is 1.27. The summed E-state index contributed by atoms with van der Waals surface area (Å²) in [4.78, 5) is 13.9. The second-order valence-electron chi connectivity index (χ2n) is 3.95. The van der Waals surface area contributed by atoms with Gasteiger partial charge in [0.15, 0.2) is 0 Å². The van der Waals surface area contributed by atoms with E-state index in [1.807, 2.05) is 20.0 Å². The van der Waals surface area contributed by atoms with Crippen molar-refractivity contribution in [2.24, 2.45) is 0 Å². The van der Waals surface area contributed by atoms with E-state index < -0.39 is 0 Å². The largest absolute Gasteiger partial charge is 0.350 e. The first-order valence-electron chi connectivity index (χ1n) is 5.63. The van der Waals surface area contributed by atoms with E-state index in [0.29, 0.717) is 12.6 Å². The fourth-order valence-electron chi connectivity index (χ4n) is 1.42. The average molecular weight is 277 g/mol. The van der Waals surface area contributed by atoms with Gasteiger partial charge in [0.1, 0.15) is 0 Å². The number of rotatable bonds is 5. The van der Waals surface area contributed by atoms with E-state index in [1.54, 1.807) is 11.3 Å². The van der Waals surface area contributed by atoms with Crippen molar-refractivity contribution in [1.82, 2.24) is 10.6 Å². The monoisotopic (exact) mass is 276 g/mol. The molecular formula is C12H21ClN2OS. The first-order valence-corrected chi connectivity index (χ1v) is 6.44. The third-order valence-electron chi connectivity index (χ3n) is 2.69. The molecule has 1 heterocycles. The average Bonchev–Trinajstić information content (AvgIpc) is 2.66. The molecule has 17 heavy (non-hydrogen) atoms. The van der Waals surface area contributed by atoms with E-state index in [4.69, 9.17) is 0 Å². The molecule has 1 aromatic rings. The Bertz CT molecular complexity index is 365. The Kier molecular flexibility index (Phi) is 7.43. The number of thiophene rings is 1. The molecule has 0 spiro atoms. The minimum atomic E-state index is 0. The standard InChI is InChI=1S/C12H20N2OS.ClH/c1-5-10-6-11(16-9(10)3)12(15)14-7-8(2)13-4;/h6,8,13H,5,7H2,1-4H3,(H,14,15);1H. The fourth-order valence-corrected chi connectivity index (χ4v) is 2.45. The number of hydrogen-bond donors (Lipinski definition) is 2. The molecule has 5 heteroatoms. The predicted molar refractivity (Wildman–Crippen MR) is 76.5 cm³/mol. The van der Waals surface area contributed by atoms with Gasteiger partial charge in [-0.2, -0.15) is 0 Å². The molecule has 0 aliphatic rings. The van der Waals surface area contributed by atoms with Gasteiger partial charge in [0.05, 0.1) is 4.88 Å². The Morgan fingerprint density at radius 3 is 2.65 bits per heavy atom. The van der Waals surface area contributed by atoms with Gasteiger partial charge in [-0.25, -0.2) is 0 Å². The fraction of sp³-hybridized carbons (Fsp3) is 0.583. The maximum Gasteiger partial charge on any atom is 0.261 e. The lowest BCUT2D eigenvalue weighted by atomic mass is 10.2. The van der Waals surface area contributed by atoms with Crippen molar-refractivity contribution in [1.29, 1.82) is 0 Å². The predicted octanol–water partition coefficient (Wildman–Crippen LogP) is 2.38. The Balaban J connectivity index is 0.00000256. The number of halogens is 1. The number of likely N-dealkylation sites (N-methyl/N-ethyl adjacent to an activating group) is 1. The van der Waals surface area contributed by atoms with Crippen LogP contribution in [0.2, 0.25) is 0 Å². The highest BCUT2D eigenvalue weighted by Crippen LogP contribution is 2.21. The summed E-state index contributed by atoms with van der Waals surface area (Å²) >= 11 is 1.57. The Morgan fingerprint density at radius 2 is 2.18 bits per heavy atom. The molecule has 0 aliphatic heterocycles. The lowest BCUT2D eigenvalue weighted by molar-refractivity contribution is 0.0954. The van der Waals surface area contributed by atoms with E-state index in [-0.39, 0.29) is 18.3 Å². The molecule has 0 aliphatic carbocycles. The molecule has 1 amide bonds. The van der Waals surface area contributed by atoms with Gasteiger partial charge in [0, 0.05) is 17.5 Å². The molecule has 1 aromatic heterocycles. The van der Waals surface area contributed by atoms with E-state index >= 15 is 0 Å². The van der Waals surface area contributed by atoms with Crippen molar-refractivity contribution in [2.75, 3.05) is 13.6 Å². The van der Waals surface area contributed by atoms with Gasteiger partial charge in [0.25, 0.3) is 5.91 Å². The van der Waals surface area contributed by atoms with Crippen LogP contribution in [0.1, 0.15) is 34.0 Å². The smallest absolute Gasteiger partial charge is 0.261 e. The molecule has 0 bridgehead atoms. The van der Waals surface area contributed by atoms with E-state index in [9.17, 15) is 4.79 Å². The minimum absolute atomic E-state index is 0. The zero-order valence-corrected chi connectivity index (χ0v) is 12.4. The third-order valence-corrected chi connectivity index (χ3v) is 3.78. The van der Waals surface area contributed by atoms with Crippen molar-refractivity contribution in [3.63, 3.8) is 0 Å². The first kappa shape index (κ1) is 16.4. The van der Waals surface area contributed by atoms with Crippen LogP contribution in [-0.4, -0.2) is 25.5 Å². The quantitative estimate of drug-likeness (QED) is 0.867. The number of nitrogens with one attached hydrogen (secondary N) is 2. The van der Waals surface area contributed by atoms with Crippen LogP contribution in [0.3, 0.4) is 0 Å². The van der Waals surface area contributed by atoms with Crippen LogP contribution in [0.25, 0.3) is 0 Å². The summed E-state index contributed by atoms with van der Waals surface area (Å²) < 4.78 is 0. The van der Waals surface area contributed by atoms with Gasteiger partial charge in [-0.3, -0.25) is 4.79 Å². The van der Waals surface area contributed by atoms with Crippen molar-refractivity contribution < 1.29 is 4.79 Å². The minimum Gasteiger partial charge on any atom is -0.350 e. The van der Waals surface area contributed by atoms with Crippen molar-refractivity contribution in [2.45, 2.75) is 33.2 Å². The van der Waals surface area contributed by atoms with Crippen LogP contribution in [0, 0.1) is 6.92 Å². The van der Waals surface area contributed by atoms with Crippen LogP contribution in [-0.2, 0) is 6.42 Å². The molecule has 2 N–H and O–H groups in total. The topological polar surface area (TPSA) is 41.1 Å². The van der Waals surface area contributed by atoms with Gasteiger partial charge in [-0.15, -0.1) is 23.7 Å². The molecule has 0 fully saturated rings. The van der Waals surface area contributed by atoms with Gasteiger partial charge in [-0.05, 0) is 38.9 Å². The summed E-state index contributed by atoms with van der Waals surface area (Å²) in [7, 11) is 1.89. The SMILES string of the molecule is CCc1cc(C(=O)NCC(C)NC)sc1C.Cl. The normalized spacial score (nSPS) is 11.8. The number of amides is 1. The summed E-state index contributed by atoms with van der Waals surface area (Å²) in [6.07, 6.45) is 0.989. The number of hydrogen-bond acceptors (Lipinski definition) is 3. The van der Waals surface area contributed by atoms with Crippen LogP contribution in [0.15, 0.2) is 6.07 Å². The summed E-state index contributed by atoms with van der Waals surface area (Å²) in [5, 5.41) is 6.01. The number of carbonyl (C=O) groups is 1. The molecule has 1 atom stereocenters. The zero-order valence-electron chi connectivity index (χ0n) is 10.8.